The van der Waals surface area contributed by atoms with Gasteiger partial charge in [-0.2, -0.15) is 0 Å². The van der Waals surface area contributed by atoms with Crippen molar-refractivity contribution in [2.75, 3.05) is 0 Å². The Morgan fingerprint density at radius 2 is 1.64 bits per heavy atom. The van der Waals surface area contributed by atoms with Gasteiger partial charge in [-0.15, -0.1) is 0 Å². The summed E-state index contributed by atoms with van der Waals surface area (Å²) in [6, 6.07) is 0. The lowest BCUT2D eigenvalue weighted by atomic mass is 9.94. The predicted octanol–water partition coefficient (Wildman–Crippen LogP) is 4.25. The van der Waals surface area contributed by atoms with E-state index < -0.39 is 0 Å². The lowest BCUT2D eigenvalue weighted by molar-refractivity contribution is 0.400. The Morgan fingerprint density at radius 1 is 1.00 bits per heavy atom. The zero-order chi connectivity index (χ0) is 8.69. The van der Waals surface area contributed by atoms with Gasteiger partial charge in [0.05, 0.1) is 0 Å². The second-order valence-electron chi connectivity index (χ2n) is 4.23. The van der Waals surface area contributed by atoms with E-state index in [4.69, 9.17) is 0 Å². The van der Waals surface area contributed by atoms with Gasteiger partial charge in [0.25, 0.3) is 0 Å². The van der Waals surface area contributed by atoms with Crippen LogP contribution in [0.1, 0.15) is 59.8 Å². The van der Waals surface area contributed by atoms with Crippen LogP contribution in [0.3, 0.4) is 0 Å². The standard InChI is InChI=1S/C11H24/c1-5-6-7-8-11(4)9-10(2)3/h10-11H,5-9H2,1-4H3/t11-/m0/s1. The average molecular weight is 156 g/mol. The van der Waals surface area contributed by atoms with E-state index in [2.05, 4.69) is 27.7 Å². The summed E-state index contributed by atoms with van der Waals surface area (Å²) in [6.45, 7) is 9.29. The topological polar surface area (TPSA) is 0 Å². The minimum Gasteiger partial charge on any atom is -0.0654 e. The molecule has 0 unspecified atom stereocenters. The largest absolute Gasteiger partial charge is 0.0654 e. The molecule has 0 spiro atoms. The third-order valence-corrected chi connectivity index (χ3v) is 2.17. The highest BCUT2D eigenvalue weighted by atomic mass is 14.1. The van der Waals surface area contributed by atoms with Crippen molar-refractivity contribution in [1.82, 2.24) is 0 Å². The fourth-order valence-electron chi connectivity index (χ4n) is 1.67. The van der Waals surface area contributed by atoms with Crippen LogP contribution in [0.4, 0.5) is 0 Å². The van der Waals surface area contributed by atoms with Gasteiger partial charge in [0.2, 0.25) is 0 Å². The maximum atomic E-state index is 2.38. The highest BCUT2D eigenvalue weighted by Crippen LogP contribution is 2.17. The molecule has 0 aliphatic carbocycles. The van der Waals surface area contributed by atoms with Crippen molar-refractivity contribution >= 4 is 0 Å². The fourth-order valence-corrected chi connectivity index (χ4v) is 1.67. The Bertz CT molecular complexity index is 74.1. The van der Waals surface area contributed by atoms with Crippen LogP contribution in [0.5, 0.6) is 0 Å². The number of unbranched alkanes of at least 4 members (excludes halogenated alkanes) is 2. The van der Waals surface area contributed by atoms with Gasteiger partial charge in [-0.3, -0.25) is 0 Å². The molecule has 0 N–H and O–H groups in total. The van der Waals surface area contributed by atoms with E-state index >= 15 is 0 Å². The molecular weight excluding hydrogens is 132 g/mol. The Balaban J connectivity index is 3.15. The summed E-state index contributed by atoms with van der Waals surface area (Å²) in [7, 11) is 0. The third kappa shape index (κ3) is 7.90. The lowest BCUT2D eigenvalue weighted by Gasteiger charge is -2.12. The van der Waals surface area contributed by atoms with E-state index in [-0.39, 0.29) is 0 Å². The van der Waals surface area contributed by atoms with Gasteiger partial charge in [0, 0.05) is 0 Å². The molecule has 0 fully saturated rings. The van der Waals surface area contributed by atoms with Gasteiger partial charge in [-0.1, -0.05) is 53.4 Å². The Morgan fingerprint density at radius 3 is 2.09 bits per heavy atom. The molecule has 0 aromatic carbocycles. The summed E-state index contributed by atoms with van der Waals surface area (Å²) >= 11 is 0. The highest BCUT2D eigenvalue weighted by Gasteiger charge is 2.03. The van der Waals surface area contributed by atoms with Crippen molar-refractivity contribution in [2.45, 2.75) is 59.8 Å². The highest BCUT2D eigenvalue weighted by molar-refractivity contribution is 4.56. The Labute approximate surface area is 72.4 Å². The fraction of sp³-hybridized carbons (Fsp3) is 1.00. The first-order valence-electron chi connectivity index (χ1n) is 5.16. The molecule has 0 aromatic rings. The number of rotatable bonds is 6. The van der Waals surface area contributed by atoms with Gasteiger partial charge < -0.3 is 0 Å². The molecule has 11 heavy (non-hydrogen) atoms. The van der Waals surface area contributed by atoms with E-state index in [0.29, 0.717) is 0 Å². The molecule has 0 amide bonds. The van der Waals surface area contributed by atoms with E-state index in [1.807, 2.05) is 0 Å². The van der Waals surface area contributed by atoms with Crippen molar-refractivity contribution in [2.24, 2.45) is 11.8 Å². The first kappa shape index (κ1) is 11.0. The first-order valence-corrected chi connectivity index (χ1v) is 5.16. The van der Waals surface area contributed by atoms with Gasteiger partial charge in [0.15, 0.2) is 0 Å². The van der Waals surface area contributed by atoms with Gasteiger partial charge >= 0.3 is 0 Å². The van der Waals surface area contributed by atoms with Gasteiger partial charge in [0.1, 0.15) is 0 Å². The Kier molecular flexibility index (Phi) is 6.69. The summed E-state index contributed by atoms with van der Waals surface area (Å²) in [4.78, 5) is 0. The first-order chi connectivity index (χ1) is 5.16. The van der Waals surface area contributed by atoms with Crippen molar-refractivity contribution in [3.8, 4) is 0 Å². The van der Waals surface area contributed by atoms with Crippen LogP contribution in [-0.4, -0.2) is 0 Å². The Hall–Kier alpha value is 0. The number of hydrogen-bond donors (Lipinski definition) is 0. The summed E-state index contributed by atoms with van der Waals surface area (Å²) in [5.74, 6) is 1.83. The van der Waals surface area contributed by atoms with Crippen molar-refractivity contribution in [1.29, 1.82) is 0 Å². The maximum absolute atomic E-state index is 2.38. The van der Waals surface area contributed by atoms with E-state index in [9.17, 15) is 0 Å². The molecule has 0 heterocycles. The van der Waals surface area contributed by atoms with Crippen LogP contribution in [0.25, 0.3) is 0 Å². The molecule has 0 heteroatoms. The normalized spacial score (nSPS) is 13.9. The molecular formula is C11H24. The second-order valence-corrected chi connectivity index (χ2v) is 4.23. The lowest BCUT2D eigenvalue weighted by Crippen LogP contribution is -1.99. The molecule has 0 aliphatic rings. The van der Waals surface area contributed by atoms with E-state index in [1.54, 1.807) is 0 Å². The molecule has 0 aliphatic heterocycles. The molecule has 0 radical (unpaired) electrons. The molecule has 0 saturated heterocycles. The molecule has 0 saturated carbocycles. The van der Waals surface area contributed by atoms with Gasteiger partial charge in [-0.05, 0) is 18.3 Å². The van der Waals surface area contributed by atoms with Crippen LogP contribution >= 0.6 is 0 Å². The van der Waals surface area contributed by atoms with Gasteiger partial charge in [-0.25, -0.2) is 0 Å². The van der Waals surface area contributed by atoms with E-state index in [0.717, 1.165) is 11.8 Å². The van der Waals surface area contributed by atoms with Crippen molar-refractivity contribution < 1.29 is 0 Å². The van der Waals surface area contributed by atoms with Crippen molar-refractivity contribution in [3.05, 3.63) is 0 Å². The molecule has 1 atom stereocenters. The second kappa shape index (κ2) is 6.69. The minimum atomic E-state index is 0.881. The van der Waals surface area contributed by atoms with Crippen LogP contribution in [0, 0.1) is 11.8 Å². The number of hydrogen-bond acceptors (Lipinski definition) is 0. The molecule has 68 valence electrons. The average Bonchev–Trinajstić information content (AvgIpc) is 1.86. The minimum absolute atomic E-state index is 0.881. The van der Waals surface area contributed by atoms with Crippen molar-refractivity contribution in [3.63, 3.8) is 0 Å². The molecule has 0 aromatic heterocycles. The van der Waals surface area contributed by atoms with Crippen LogP contribution < -0.4 is 0 Å². The SMILES string of the molecule is CCCCC[C@H](C)CC(C)C. The summed E-state index contributed by atoms with van der Waals surface area (Å²) in [5, 5.41) is 0. The van der Waals surface area contributed by atoms with Crippen LogP contribution in [0.15, 0.2) is 0 Å². The monoisotopic (exact) mass is 156 g/mol. The zero-order valence-electron chi connectivity index (χ0n) is 8.69. The third-order valence-electron chi connectivity index (χ3n) is 2.17. The summed E-state index contributed by atoms with van der Waals surface area (Å²) < 4.78 is 0. The zero-order valence-corrected chi connectivity index (χ0v) is 8.69. The maximum Gasteiger partial charge on any atom is -0.0440 e. The quantitative estimate of drug-likeness (QED) is 0.504. The predicted molar refractivity (Wildman–Crippen MR) is 52.8 cm³/mol. The molecule has 0 nitrogen and oxygen atoms in total. The summed E-state index contributed by atoms with van der Waals surface area (Å²) in [5.41, 5.74) is 0. The molecule has 0 rings (SSSR count). The van der Waals surface area contributed by atoms with Crippen LogP contribution in [-0.2, 0) is 0 Å². The van der Waals surface area contributed by atoms with E-state index in [1.165, 1.54) is 32.1 Å². The summed E-state index contributed by atoms with van der Waals surface area (Å²) in [6.07, 6.45) is 7.05. The van der Waals surface area contributed by atoms with Crippen LogP contribution in [0.2, 0.25) is 0 Å². The smallest absolute Gasteiger partial charge is 0.0440 e. The molecule has 0 bridgehead atoms.